The van der Waals surface area contributed by atoms with E-state index >= 15 is 0 Å². The van der Waals surface area contributed by atoms with Crippen molar-refractivity contribution < 1.29 is 0 Å². The Labute approximate surface area is 129 Å². The molecule has 0 spiro atoms. The lowest BCUT2D eigenvalue weighted by Gasteiger charge is -2.20. The molecule has 5 heteroatoms. The van der Waals surface area contributed by atoms with Crippen LogP contribution in [0.3, 0.4) is 0 Å². The molecule has 0 radical (unpaired) electrons. The van der Waals surface area contributed by atoms with Crippen LogP contribution in [0.15, 0.2) is 24.3 Å². The standard InChI is InChI=1S/C15H20ClN3S/c1-15(2,3)17-10-4-5-13-18-19-14(20-13)11-6-8-12(16)9-7-11/h6-9,17H,4-5,10H2,1-3H3. The molecule has 2 aromatic rings. The molecule has 0 atom stereocenters. The van der Waals surface area contributed by atoms with Crippen LogP contribution >= 0.6 is 22.9 Å². The van der Waals surface area contributed by atoms with Crippen LogP contribution in [0.5, 0.6) is 0 Å². The van der Waals surface area contributed by atoms with E-state index in [9.17, 15) is 0 Å². The van der Waals surface area contributed by atoms with E-state index in [1.165, 1.54) is 0 Å². The zero-order valence-corrected chi connectivity index (χ0v) is 13.7. The van der Waals surface area contributed by atoms with Crippen LogP contribution in [0.1, 0.15) is 32.2 Å². The van der Waals surface area contributed by atoms with Crippen molar-refractivity contribution in [3.05, 3.63) is 34.3 Å². The minimum atomic E-state index is 0.176. The van der Waals surface area contributed by atoms with Gasteiger partial charge in [-0.15, -0.1) is 10.2 Å². The van der Waals surface area contributed by atoms with Gasteiger partial charge in [0.05, 0.1) is 0 Å². The molecule has 0 bridgehead atoms. The highest BCUT2D eigenvalue weighted by molar-refractivity contribution is 7.14. The third kappa shape index (κ3) is 4.85. The molecule has 1 aromatic heterocycles. The molecular formula is C15H20ClN3S. The van der Waals surface area contributed by atoms with Gasteiger partial charge in [-0.2, -0.15) is 0 Å². The summed E-state index contributed by atoms with van der Waals surface area (Å²) < 4.78 is 0. The van der Waals surface area contributed by atoms with Crippen LogP contribution in [0.25, 0.3) is 10.6 Å². The van der Waals surface area contributed by atoms with Crippen LogP contribution in [-0.4, -0.2) is 22.3 Å². The third-order valence-corrected chi connectivity index (χ3v) is 4.06. The first-order chi connectivity index (χ1) is 9.44. The average molecular weight is 310 g/mol. The van der Waals surface area contributed by atoms with Crippen molar-refractivity contribution in [1.82, 2.24) is 15.5 Å². The molecule has 1 N–H and O–H groups in total. The highest BCUT2D eigenvalue weighted by atomic mass is 35.5. The molecule has 0 aliphatic heterocycles. The Bertz CT molecular complexity index is 543. The highest BCUT2D eigenvalue weighted by Gasteiger charge is 2.09. The first-order valence-corrected chi connectivity index (χ1v) is 7.97. The number of benzene rings is 1. The van der Waals surface area contributed by atoms with E-state index in [0.29, 0.717) is 0 Å². The molecule has 0 amide bonds. The summed E-state index contributed by atoms with van der Waals surface area (Å²) in [5, 5.41) is 14.8. The van der Waals surface area contributed by atoms with E-state index < -0.39 is 0 Å². The van der Waals surface area contributed by atoms with Crippen LogP contribution in [0.4, 0.5) is 0 Å². The van der Waals surface area contributed by atoms with Gasteiger partial charge in [-0.05, 0) is 45.9 Å². The summed E-state index contributed by atoms with van der Waals surface area (Å²) in [6.07, 6.45) is 2.04. The van der Waals surface area contributed by atoms with Crippen molar-refractivity contribution in [2.24, 2.45) is 0 Å². The van der Waals surface area contributed by atoms with Crippen molar-refractivity contribution in [2.45, 2.75) is 39.2 Å². The van der Waals surface area contributed by atoms with Gasteiger partial charge in [-0.25, -0.2) is 0 Å². The van der Waals surface area contributed by atoms with E-state index in [4.69, 9.17) is 11.6 Å². The Morgan fingerprint density at radius 1 is 1.15 bits per heavy atom. The van der Waals surface area contributed by atoms with Gasteiger partial charge < -0.3 is 5.32 Å². The molecular weight excluding hydrogens is 290 g/mol. The largest absolute Gasteiger partial charge is 0.312 e. The monoisotopic (exact) mass is 309 g/mol. The highest BCUT2D eigenvalue weighted by Crippen LogP contribution is 2.25. The summed E-state index contributed by atoms with van der Waals surface area (Å²) in [4.78, 5) is 0. The minimum absolute atomic E-state index is 0.176. The predicted octanol–water partition coefficient (Wildman–Crippen LogP) is 4.18. The molecule has 1 aromatic carbocycles. The van der Waals surface area contributed by atoms with Crippen LogP contribution in [-0.2, 0) is 6.42 Å². The maximum absolute atomic E-state index is 5.89. The summed E-state index contributed by atoms with van der Waals surface area (Å²) in [6.45, 7) is 7.53. The van der Waals surface area contributed by atoms with Gasteiger partial charge in [0.1, 0.15) is 10.0 Å². The second kappa shape index (κ2) is 6.66. The number of nitrogens with zero attached hydrogens (tertiary/aromatic N) is 2. The Kier molecular flexibility index (Phi) is 5.13. The van der Waals surface area contributed by atoms with E-state index in [1.54, 1.807) is 11.3 Å². The van der Waals surface area contributed by atoms with Gasteiger partial charge >= 0.3 is 0 Å². The molecule has 2 rings (SSSR count). The number of nitrogens with one attached hydrogen (secondary N) is 1. The van der Waals surface area contributed by atoms with Crippen LogP contribution in [0, 0.1) is 0 Å². The van der Waals surface area contributed by atoms with Gasteiger partial charge in [0.25, 0.3) is 0 Å². The average Bonchev–Trinajstić information content (AvgIpc) is 2.83. The zero-order chi connectivity index (χ0) is 14.6. The number of rotatable bonds is 5. The number of aromatic nitrogens is 2. The van der Waals surface area contributed by atoms with Gasteiger partial charge in [-0.3, -0.25) is 0 Å². The Hall–Kier alpha value is -0.970. The molecule has 0 aliphatic rings. The third-order valence-electron chi connectivity index (χ3n) is 2.78. The summed E-state index contributed by atoms with van der Waals surface area (Å²) in [7, 11) is 0. The summed E-state index contributed by atoms with van der Waals surface area (Å²) in [5.74, 6) is 0. The minimum Gasteiger partial charge on any atom is -0.312 e. The van der Waals surface area contributed by atoms with Crippen molar-refractivity contribution in [2.75, 3.05) is 6.54 Å². The van der Waals surface area contributed by atoms with Gasteiger partial charge in [-0.1, -0.05) is 35.1 Å². The second-order valence-corrected chi connectivity index (χ2v) is 7.29. The molecule has 0 saturated heterocycles. The SMILES string of the molecule is CC(C)(C)NCCCc1nnc(-c2ccc(Cl)cc2)s1. The smallest absolute Gasteiger partial charge is 0.147 e. The van der Waals surface area contributed by atoms with E-state index in [-0.39, 0.29) is 5.54 Å². The lowest BCUT2D eigenvalue weighted by molar-refractivity contribution is 0.422. The fourth-order valence-corrected chi connectivity index (χ4v) is 2.78. The van der Waals surface area contributed by atoms with E-state index in [0.717, 1.165) is 40.0 Å². The molecule has 3 nitrogen and oxygen atoms in total. The summed E-state index contributed by atoms with van der Waals surface area (Å²) >= 11 is 7.54. The predicted molar refractivity (Wildman–Crippen MR) is 86.4 cm³/mol. The molecule has 20 heavy (non-hydrogen) atoms. The molecule has 0 unspecified atom stereocenters. The normalized spacial score (nSPS) is 11.8. The second-order valence-electron chi connectivity index (χ2n) is 5.79. The maximum atomic E-state index is 5.89. The lowest BCUT2D eigenvalue weighted by atomic mass is 10.1. The topological polar surface area (TPSA) is 37.8 Å². The molecule has 0 saturated carbocycles. The van der Waals surface area contributed by atoms with Crippen LogP contribution in [0.2, 0.25) is 5.02 Å². The first-order valence-electron chi connectivity index (χ1n) is 6.77. The quantitative estimate of drug-likeness (QED) is 0.842. The van der Waals surface area contributed by atoms with Crippen molar-refractivity contribution in [1.29, 1.82) is 0 Å². The summed E-state index contributed by atoms with van der Waals surface area (Å²) in [5.41, 5.74) is 1.25. The van der Waals surface area contributed by atoms with Crippen molar-refractivity contribution in [3.8, 4) is 10.6 Å². The Morgan fingerprint density at radius 3 is 2.50 bits per heavy atom. The maximum Gasteiger partial charge on any atom is 0.147 e. The number of aryl methyl sites for hydroxylation is 1. The Morgan fingerprint density at radius 2 is 1.85 bits per heavy atom. The lowest BCUT2D eigenvalue weighted by Crippen LogP contribution is -2.36. The number of halogens is 1. The Balaban J connectivity index is 1.88. The molecule has 1 heterocycles. The summed E-state index contributed by atoms with van der Waals surface area (Å²) in [6, 6.07) is 7.72. The van der Waals surface area contributed by atoms with Crippen molar-refractivity contribution >= 4 is 22.9 Å². The fourth-order valence-electron chi connectivity index (χ4n) is 1.77. The van der Waals surface area contributed by atoms with E-state index in [2.05, 4.69) is 36.3 Å². The van der Waals surface area contributed by atoms with Gasteiger partial charge in [0, 0.05) is 22.5 Å². The van der Waals surface area contributed by atoms with E-state index in [1.807, 2.05) is 24.3 Å². The molecule has 0 fully saturated rings. The van der Waals surface area contributed by atoms with Crippen LogP contribution < -0.4 is 5.32 Å². The first kappa shape index (κ1) is 15.4. The molecule has 108 valence electrons. The molecule has 0 aliphatic carbocycles. The van der Waals surface area contributed by atoms with Gasteiger partial charge in [0.2, 0.25) is 0 Å². The number of hydrogen-bond acceptors (Lipinski definition) is 4. The number of hydrogen-bond donors (Lipinski definition) is 1. The zero-order valence-electron chi connectivity index (χ0n) is 12.1. The van der Waals surface area contributed by atoms with Gasteiger partial charge in [0.15, 0.2) is 0 Å². The van der Waals surface area contributed by atoms with Crippen molar-refractivity contribution in [3.63, 3.8) is 0 Å². The fraction of sp³-hybridized carbons (Fsp3) is 0.467.